The second-order valence-electron chi connectivity index (χ2n) is 7.00. The molecule has 0 radical (unpaired) electrons. The van der Waals surface area contributed by atoms with Crippen molar-refractivity contribution in [1.29, 1.82) is 0 Å². The van der Waals surface area contributed by atoms with E-state index in [2.05, 4.69) is 10.6 Å². The van der Waals surface area contributed by atoms with E-state index < -0.39 is 5.79 Å². The molecule has 1 unspecified atom stereocenters. The first-order valence-corrected chi connectivity index (χ1v) is 9.22. The summed E-state index contributed by atoms with van der Waals surface area (Å²) < 4.78 is 17.5. The number of carbonyl (C=O) groups excluding carboxylic acids is 1. The van der Waals surface area contributed by atoms with Gasteiger partial charge in [-0.05, 0) is 44.0 Å². The molecule has 1 aromatic carbocycles. The fourth-order valence-corrected chi connectivity index (χ4v) is 3.56. The lowest BCUT2D eigenvalue weighted by Gasteiger charge is -2.31. The number of anilines is 1. The minimum atomic E-state index is -0.497. The molecule has 2 heterocycles. The molecule has 0 saturated heterocycles. The number of rotatable bonds is 5. The van der Waals surface area contributed by atoms with Crippen molar-refractivity contribution < 1.29 is 18.7 Å². The Labute approximate surface area is 152 Å². The van der Waals surface area contributed by atoms with Crippen LogP contribution in [0, 0.1) is 0 Å². The molecule has 2 aliphatic rings. The summed E-state index contributed by atoms with van der Waals surface area (Å²) in [5, 5.41) is 6.04. The van der Waals surface area contributed by atoms with Gasteiger partial charge in [0.1, 0.15) is 5.76 Å². The van der Waals surface area contributed by atoms with E-state index in [9.17, 15) is 4.79 Å². The number of ether oxygens (including phenoxy) is 2. The molecule has 1 fully saturated rings. The van der Waals surface area contributed by atoms with E-state index in [4.69, 9.17) is 13.9 Å². The first-order chi connectivity index (χ1) is 12.6. The van der Waals surface area contributed by atoms with Gasteiger partial charge >= 0.3 is 0 Å². The molecule has 2 N–H and O–H groups in total. The molecule has 4 rings (SSSR count). The van der Waals surface area contributed by atoms with Gasteiger partial charge in [-0.2, -0.15) is 0 Å². The Morgan fingerprint density at radius 2 is 1.96 bits per heavy atom. The van der Waals surface area contributed by atoms with Crippen LogP contribution in [-0.2, 0) is 4.79 Å². The van der Waals surface area contributed by atoms with Gasteiger partial charge < -0.3 is 19.2 Å². The predicted molar refractivity (Wildman–Crippen MR) is 97.3 cm³/mol. The minimum Gasteiger partial charge on any atom is -0.468 e. The molecule has 6 heteroatoms. The van der Waals surface area contributed by atoms with Gasteiger partial charge in [-0.3, -0.25) is 10.1 Å². The normalized spacial score (nSPS) is 18.7. The zero-order valence-corrected chi connectivity index (χ0v) is 14.9. The SMILES string of the molecule is CC(NCC(=O)Nc1ccc2c(c1)OC1(CCCCC1)O2)c1ccco1. The molecule has 6 nitrogen and oxygen atoms in total. The Balaban J connectivity index is 1.33. The summed E-state index contributed by atoms with van der Waals surface area (Å²) in [5.74, 6) is 1.66. The highest BCUT2D eigenvalue weighted by molar-refractivity contribution is 5.92. The third kappa shape index (κ3) is 3.55. The van der Waals surface area contributed by atoms with Crippen LogP contribution in [0.1, 0.15) is 50.8 Å². The summed E-state index contributed by atoms with van der Waals surface area (Å²) in [7, 11) is 0. The molecular weight excluding hydrogens is 332 g/mol. The van der Waals surface area contributed by atoms with Gasteiger partial charge in [0.15, 0.2) is 11.5 Å². The summed E-state index contributed by atoms with van der Waals surface area (Å²) in [6, 6.07) is 9.24. The standard InChI is InChI=1S/C20H24N2O4/c1-14(16-6-5-11-24-16)21-13-19(23)22-15-7-8-17-18(12-15)26-20(25-17)9-3-2-4-10-20/h5-8,11-12,14,21H,2-4,9-10,13H2,1H3,(H,22,23). The molecule has 1 atom stereocenters. The van der Waals surface area contributed by atoms with Gasteiger partial charge in [0.25, 0.3) is 5.79 Å². The van der Waals surface area contributed by atoms with Crippen LogP contribution >= 0.6 is 0 Å². The van der Waals surface area contributed by atoms with Gasteiger partial charge in [0.05, 0.1) is 18.8 Å². The Hall–Kier alpha value is -2.47. The number of hydrogen-bond acceptors (Lipinski definition) is 5. The number of amides is 1. The number of carbonyl (C=O) groups is 1. The molecule has 0 bridgehead atoms. The van der Waals surface area contributed by atoms with Gasteiger partial charge in [0, 0.05) is 24.6 Å². The highest BCUT2D eigenvalue weighted by Crippen LogP contribution is 2.46. The van der Waals surface area contributed by atoms with Crippen molar-refractivity contribution in [3.63, 3.8) is 0 Å². The summed E-state index contributed by atoms with van der Waals surface area (Å²) in [5.41, 5.74) is 0.706. The second kappa shape index (κ2) is 7.03. The number of nitrogens with one attached hydrogen (secondary N) is 2. The highest BCUT2D eigenvalue weighted by atomic mass is 16.7. The Kier molecular flexibility index (Phi) is 4.59. The number of benzene rings is 1. The summed E-state index contributed by atoms with van der Waals surface area (Å²) >= 11 is 0. The van der Waals surface area contributed by atoms with Crippen LogP contribution in [0.5, 0.6) is 11.5 Å². The lowest BCUT2D eigenvalue weighted by molar-refractivity contribution is -0.115. The van der Waals surface area contributed by atoms with Crippen molar-refractivity contribution in [3.8, 4) is 11.5 Å². The third-order valence-electron chi connectivity index (χ3n) is 4.97. The van der Waals surface area contributed by atoms with E-state index in [1.54, 1.807) is 6.26 Å². The van der Waals surface area contributed by atoms with Crippen LogP contribution in [0.3, 0.4) is 0 Å². The largest absolute Gasteiger partial charge is 0.468 e. The maximum atomic E-state index is 12.2. The number of hydrogen-bond donors (Lipinski definition) is 2. The molecule has 2 aromatic rings. The molecule has 138 valence electrons. The second-order valence-corrected chi connectivity index (χ2v) is 7.00. The molecule has 26 heavy (non-hydrogen) atoms. The summed E-state index contributed by atoms with van der Waals surface area (Å²) in [6.07, 6.45) is 6.93. The maximum absolute atomic E-state index is 12.2. The van der Waals surface area contributed by atoms with Crippen LogP contribution < -0.4 is 20.1 Å². The molecule has 1 aliphatic heterocycles. The molecule has 1 aliphatic carbocycles. The summed E-state index contributed by atoms with van der Waals surface area (Å²) in [6.45, 7) is 2.15. The van der Waals surface area contributed by atoms with Gasteiger partial charge in [-0.15, -0.1) is 0 Å². The molecule has 1 amide bonds. The lowest BCUT2D eigenvalue weighted by atomic mass is 9.94. The Morgan fingerprint density at radius 3 is 2.73 bits per heavy atom. The summed E-state index contributed by atoms with van der Waals surface area (Å²) in [4.78, 5) is 12.2. The fourth-order valence-electron chi connectivity index (χ4n) is 3.56. The van der Waals surface area contributed by atoms with E-state index >= 15 is 0 Å². The van der Waals surface area contributed by atoms with Crippen LogP contribution in [0.15, 0.2) is 41.0 Å². The quantitative estimate of drug-likeness (QED) is 0.847. The van der Waals surface area contributed by atoms with Crippen molar-refractivity contribution in [2.75, 3.05) is 11.9 Å². The minimum absolute atomic E-state index is 0.0290. The Bertz CT molecular complexity index is 766. The topological polar surface area (TPSA) is 72.7 Å². The van der Waals surface area contributed by atoms with Gasteiger partial charge in [-0.25, -0.2) is 0 Å². The van der Waals surface area contributed by atoms with Crippen molar-refractivity contribution in [3.05, 3.63) is 42.4 Å². The van der Waals surface area contributed by atoms with Crippen molar-refractivity contribution in [2.45, 2.75) is 50.9 Å². The van der Waals surface area contributed by atoms with Crippen molar-refractivity contribution in [2.24, 2.45) is 0 Å². The van der Waals surface area contributed by atoms with E-state index in [1.165, 1.54) is 6.42 Å². The maximum Gasteiger partial charge on any atom is 0.251 e. The zero-order chi connectivity index (χ0) is 18.0. The van der Waals surface area contributed by atoms with Gasteiger partial charge in [-0.1, -0.05) is 6.42 Å². The molecule has 1 aromatic heterocycles. The molecular formula is C20H24N2O4. The van der Waals surface area contributed by atoms with E-state index in [1.807, 2.05) is 37.3 Å². The smallest absolute Gasteiger partial charge is 0.251 e. The Morgan fingerprint density at radius 1 is 1.15 bits per heavy atom. The average molecular weight is 356 g/mol. The van der Waals surface area contributed by atoms with E-state index in [-0.39, 0.29) is 18.5 Å². The number of fused-ring (bicyclic) bond motifs is 1. The van der Waals surface area contributed by atoms with E-state index in [0.29, 0.717) is 11.4 Å². The fraction of sp³-hybridized carbons (Fsp3) is 0.450. The lowest BCUT2D eigenvalue weighted by Crippen LogP contribution is -2.40. The molecule has 1 spiro atoms. The zero-order valence-electron chi connectivity index (χ0n) is 14.9. The number of furan rings is 1. The van der Waals surface area contributed by atoms with Crippen molar-refractivity contribution in [1.82, 2.24) is 5.32 Å². The van der Waals surface area contributed by atoms with Gasteiger partial charge in [0.2, 0.25) is 5.91 Å². The van der Waals surface area contributed by atoms with Crippen LogP contribution in [0.4, 0.5) is 5.69 Å². The third-order valence-corrected chi connectivity index (χ3v) is 4.97. The first-order valence-electron chi connectivity index (χ1n) is 9.22. The average Bonchev–Trinajstić information content (AvgIpc) is 3.28. The predicted octanol–water partition coefficient (Wildman–Crippen LogP) is 4.00. The first kappa shape index (κ1) is 17.0. The highest BCUT2D eigenvalue weighted by Gasteiger charge is 2.42. The van der Waals surface area contributed by atoms with Crippen molar-refractivity contribution >= 4 is 11.6 Å². The molecule has 1 saturated carbocycles. The van der Waals surface area contributed by atoms with E-state index in [0.717, 1.165) is 37.2 Å². The monoisotopic (exact) mass is 356 g/mol. The van der Waals surface area contributed by atoms with Crippen LogP contribution in [0.25, 0.3) is 0 Å². The van der Waals surface area contributed by atoms with Crippen LogP contribution in [-0.4, -0.2) is 18.2 Å². The van der Waals surface area contributed by atoms with Crippen LogP contribution in [0.2, 0.25) is 0 Å².